The molecule has 4 nitrogen and oxygen atoms in total. The molecule has 1 atom stereocenters. The van der Waals surface area contributed by atoms with Crippen LogP contribution in [0.25, 0.3) is 0 Å². The van der Waals surface area contributed by atoms with Crippen molar-refractivity contribution in [3.63, 3.8) is 0 Å². The zero-order valence-corrected chi connectivity index (χ0v) is 5.23. The number of carbonyl (C=O) groups is 2. The van der Waals surface area contributed by atoms with Crippen molar-refractivity contribution in [2.45, 2.75) is 6.10 Å². The van der Waals surface area contributed by atoms with E-state index in [1.807, 2.05) is 0 Å². The van der Waals surface area contributed by atoms with Crippen LogP contribution < -0.4 is 0 Å². The van der Waals surface area contributed by atoms with Crippen molar-refractivity contribution in [3.05, 3.63) is 12.2 Å². The van der Waals surface area contributed by atoms with E-state index in [0.717, 1.165) is 12.2 Å². The standard InChI is InChI=1S/C6H8O4/c7-3-5(9)1-2-6(10)4-8/h1-3,6,8,10H,4H2/b2-1+/t6-/m0/s1. The van der Waals surface area contributed by atoms with Crippen LogP contribution in [0.5, 0.6) is 0 Å². The Morgan fingerprint density at radius 3 is 2.60 bits per heavy atom. The molecule has 0 aliphatic heterocycles. The van der Waals surface area contributed by atoms with Gasteiger partial charge < -0.3 is 10.2 Å². The first-order valence-electron chi connectivity index (χ1n) is 2.67. The van der Waals surface area contributed by atoms with E-state index in [2.05, 4.69) is 0 Å². The quantitative estimate of drug-likeness (QED) is 0.291. The van der Waals surface area contributed by atoms with Gasteiger partial charge in [-0.1, -0.05) is 0 Å². The van der Waals surface area contributed by atoms with E-state index in [0.29, 0.717) is 0 Å². The fourth-order valence-electron chi connectivity index (χ4n) is 0.306. The Bertz CT molecular complexity index is 150. The van der Waals surface area contributed by atoms with Crippen LogP contribution in [0.4, 0.5) is 0 Å². The first-order valence-corrected chi connectivity index (χ1v) is 2.67. The Morgan fingerprint density at radius 2 is 2.20 bits per heavy atom. The summed E-state index contributed by atoms with van der Waals surface area (Å²) in [4.78, 5) is 19.8. The average molecular weight is 144 g/mol. The van der Waals surface area contributed by atoms with E-state index in [1.165, 1.54) is 0 Å². The molecule has 0 amide bonds. The summed E-state index contributed by atoms with van der Waals surface area (Å²) in [6.07, 6.45) is 1.02. The average Bonchev–Trinajstić information content (AvgIpc) is 1.99. The fourth-order valence-corrected chi connectivity index (χ4v) is 0.306. The largest absolute Gasteiger partial charge is 0.393 e. The summed E-state index contributed by atoms with van der Waals surface area (Å²) in [6, 6.07) is 0. The van der Waals surface area contributed by atoms with E-state index in [4.69, 9.17) is 10.2 Å². The van der Waals surface area contributed by atoms with Gasteiger partial charge in [0.15, 0.2) is 6.29 Å². The van der Waals surface area contributed by atoms with Gasteiger partial charge in [0.25, 0.3) is 0 Å². The van der Waals surface area contributed by atoms with Gasteiger partial charge in [-0.05, 0) is 12.2 Å². The van der Waals surface area contributed by atoms with Gasteiger partial charge in [0.05, 0.1) is 12.7 Å². The van der Waals surface area contributed by atoms with Crippen LogP contribution in [0.1, 0.15) is 0 Å². The van der Waals surface area contributed by atoms with Gasteiger partial charge in [-0.2, -0.15) is 0 Å². The highest BCUT2D eigenvalue weighted by molar-refractivity contribution is 6.30. The SMILES string of the molecule is O=CC(=O)/C=C/[C@H](O)CO. The Balaban J connectivity index is 3.74. The number of hydrogen-bond donors (Lipinski definition) is 2. The third-order valence-electron chi connectivity index (χ3n) is 0.786. The molecule has 0 fully saturated rings. The highest BCUT2D eigenvalue weighted by Gasteiger charge is 1.95. The zero-order valence-electron chi connectivity index (χ0n) is 5.23. The smallest absolute Gasteiger partial charge is 0.217 e. The number of aliphatic hydroxyl groups excluding tert-OH is 2. The number of aldehydes is 1. The molecule has 0 radical (unpaired) electrons. The molecule has 4 heteroatoms. The number of rotatable bonds is 4. The molecule has 0 aromatic carbocycles. The van der Waals surface area contributed by atoms with Crippen LogP contribution >= 0.6 is 0 Å². The van der Waals surface area contributed by atoms with Gasteiger partial charge in [0.2, 0.25) is 5.78 Å². The zero-order chi connectivity index (χ0) is 7.98. The van der Waals surface area contributed by atoms with E-state index in [1.54, 1.807) is 0 Å². The number of ketones is 1. The maximum Gasteiger partial charge on any atom is 0.217 e. The van der Waals surface area contributed by atoms with E-state index in [-0.39, 0.29) is 6.29 Å². The molecule has 0 aliphatic carbocycles. The summed E-state index contributed by atoms with van der Waals surface area (Å²) in [5, 5.41) is 16.8. The van der Waals surface area contributed by atoms with Gasteiger partial charge in [0.1, 0.15) is 0 Å². The Kier molecular flexibility index (Phi) is 4.36. The van der Waals surface area contributed by atoms with Crippen molar-refractivity contribution in [3.8, 4) is 0 Å². The summed E-state index contributed by atoms with van der Waals surface area (Å²) in [5.74, 6) is -0.729. The van der Waals surface area contributed by atoms with Crippen LogP contribution in [0.15, 0.2) is 12.2 Å². The maximum absolute atomic E-state index is 10.2. The van der Waals surface area contributed by atoms with Crippen LogP contribution in [0.3, 0.4) is 0 Å². The monoisotopic (exact) mass is 144 g/mol. The normalized spacial score (nSPS) is 13.4. The molecule has 0 heterocycles. The van der Waals surface area contributed by atoms with Crippen molar-refractivity contribution < 1.29 is 19.8 Å². The number of carbonyl (C=O) groups excluding carboxylic acids is 2. The van der Waals surface area contributed by atoms with Crippen molar-refractivity contribution >= 4 is 12.1 Å². The van der Waals surface area contributed by atoms with Crippen molar-refractivity contribution in [2.24, 2.45) is 0 Å². The van der Waals surface area contributed by atoms with Crippen LogP contribution in [0.2, 0.25) is 0 Å². The van der Waals surface area contributed by atoms with Gasteiger partial charge in [-0.15, -0.1) is 0 Å². The number of aliphatic hydroxyl groups is 2. The van der Waals surface area contributed by atoms with Crippen LogP contribution in [-0.4, -0.2) is 35.0 Å². The summed E-state index contributed by atoms with van der Waals surface area (Å²) in [6.45, 7) is -0.456. The second kappa shape index (κ2) is 4.84. The minimum absolute atomic E-state index is 0.126. The molecule has 0 aromatic rings. The molecule has 56 valence electrons. The van der Waals surface area contributed by atoms with E-state index < -0.39 is 18.5 Å². The van der Waals surface area contributed by atoms with Gasteiger partial charge in [0, 0.05) is 0 Å². The highest BCUT2D eigenvalue weighted by Crippen LogP contribution is 1.82. The third-order valence-corrected chi connectivity index (χ3v) is 0.786. The topological polar surface area (TPSA) is 74.6 Å². The summed E-state index contributed by atoms with van der Waals surface area (Å²) in [5.41, 5.74) is 0. The first-order chi connectivity index (χ1) is 4.70. The molecule has 0 aliphatic rings. The summed E-state index contributed by atoms with van der Waals surface area (Å²) < 4.78 is 0. The molecule has 0 saturated carbocycles. The molecule has 0 spiro atoms. The highest BCUT2D eigenvalue weighted by atomic mass is 16.3. The molecule has 0 rings (SSSR count). The fraction of sp³-hybridized carbons (Fsp3) is 0.333. The maximum atomic E-state index is 10.2. The molecule has 0 aromatic heterocycles. The Labute approximate surface area is 57.8 Å². The lowest BCUT2D eigenvalue weighted by Gasteiger charge is -1.95. The predicted octanol–water partition coefficient (Wildman–Crippen LogP) is -1.34. The number of hydrogen-bond acceptors (Lipinski definition) is 4. The second-order valence-electron chi connectivity index (χ2n) is 1.63. The van der Waals surface area contributed by atoms with Gasteiger partial charge in [-0.25, -0.2) is 0 Å². The first kappa shape index (κ1) is 9.00. The van der Waals surface area contributed by atoms with Crippen molar-refractivity contribution in [2.75, 3.05) is 6.61 Å². The van der Waals surface area contributed by atoms with Crippen molar-refractivity contribution in [1.82, 2.24) is 0 Å². The van der Waals surface area contributed by atoms with E-state index in [9.17, 15) is 9.59 Å². The molecule has 0 unspecified atom stereocenters. The van der Waals surface area contributed by atoms with Gasteiger partial charge >= 0.3 is 0 Å². The lowest BCUT2D eigenvalue weighted by molar-refractivity contribution is -0.126. The molecule has 2 N–H and O–H groups in total. The third kappa shape index (κ3) is 3.94. The minimum atomic E-state index is -1.07. The van der Waals surface area contributed by atoms with Crippen LogP contribution in [0, 0.1) is 0 Å². The second-order valence-corrected chi connectivity index (χ2v) is 1.63. The predicted molar refractivity (Wildman–Crippen MR) is 33.3 cm³/mol. The summed E-state index contributed by atoms with van der Waals surface area (Å²) in [7, 11) is 0. The molecule has 0 saturated heterocycles. The Morgan fingerprint density at radius 1 is 1.60 bits per heavy atom. The lowest BCUT2D eigenvalue weighted by atomic mass is 10.3. The van der Waals surface area contributed by atoms with Crippen molar-refractivity contribution in [1.29, 1.82) is 0 Å². The van der Waals surface area contributed by atoms with E-state index >= 15 is 0 Å². The Hall–Kier alpha value is -1.00. The lowest BCUT2D eigenvalue weighted by Crippen LogP contribution is -2.08. The minimum Gasteiger partial charge on any atom is -0.393 e. The number of allylic oxidation sites excluding steroid dienone is 1. The molecule has 0 bridgehead atoms. The summed E-state index contributed by atoms with van der Waals surface area (Å²) >= 11 is 0. The van der Waals surface area contributed by atoms with Crippen LogP contribution in [-0.2, 0) is 9.59 Å². The molecule has 10 heavy (non-hydrogen) atoms. The van der Waals surface area contributed by atoms with Gasteiger partial charge in [-0.3, -0.25) is 9.59 Å². The molecular formula is C6H8O4. The molecular weight excluding hydrogens is 136 g/mol.